The number of rotatable bonds is 4. The van der Waals surface area contributed by atoms with Gasteiger partial charge in [-0.05, 0) is 54.3 Å². The van der Waals surface area contributed by atoms with Crippen LogP contribution in [0.1, 0.15) is 23.6 Å². The summed E-state index contributed by atoms with van der Waals surface area (Å²) in [6.07, 6.45) is 0. The maximum absolute atomic E-state index is 3.37. The molecule has 0 radical (unpaired) electrons. The van der Waals surface area contributed by atoms with E-state index in [1.807, 2.05) is 0 Å². The van der Waals surface area contributed by atoms with Crippen molar-refractivity contribution in [3.63, 3.8) is 0 Å². The second-order valence-corrected chi connectivity index (χ2v) is 4.73. The zero-order valence-corrected chi connectivity index (χ0v) is 11.5. The van der Waals surface area contributed by atoms with Gasteiger partial charge < -0.3 is 5.32 Å². The first kappa shape index (κ1) is 12.8. The van der Waals surface area contributed by atoms with Crippen LogP contribution >= 0.6 is 0 Å². The summed E-state index contributed by atoms with van der Waals surface area (Å²) in [5, 5.41) is 3.37. The molecular weight excluding hydrogens is 218 g/mol. The largest absolute Gasteiger partial charge is 0.313 e. The van der Waals surface area contributed by atoms with Crippen molar-refractivity contribution in [3.8, 4) is 11.1 Å². The minimum absolute atomic E-state index is 0.940. The topological polar surface area (TPSA) is 12.0 Å². The fourth-order valence-electron chi connectivity index (χ4n) is 2.18. The van der Waals surface area contributed by atoms with E-state index in [0.717, 1.165) is 13.1 Å². The van der Waals surface area contributed by atoms with Crippen LogP contribution in [0.3, 0.4) is 0 Å². The molecule has 0 spiro atoms. The third-order valence-electron chi connectivity index (χ3n) is 3.42. The summed E-state index contributed by atoms with van der Waals surface area (Å²) >= 11 is 0. The van der Waals surface area contributed by atoms with Crippen LogP contribution in [0.5, 0.6) is 0 Å². The Kier molecular flexibility index (Phi) is 4.16. The van der Waals surface area contributed by atoms with E-state index in [0.29, 0.717) is 0 Å². The first-order valence-corrected chi connectivity index (χ1v) is 6.58. The van der Waals surface area contributed by atoms with Crippen molar-refractivity contribution in [1.29, 1.82) is 0 Å². The van der Waals surface area contributed by atoms with Gasteiger partial charge in [0, 0.05) is 6.54 Å². The quantitative estimate of drug-likeness (QED) is 0.847. The lowest BCUT2D eigenvalue weighted by Gasteiger charge is -2.10. The molecule has 0 atom stereocenters. The zero-order valence-electron chi connectivity index (χ0n) is 11.5. The molecule has 0 aliphatic carbocycles. The number of benzene rings is 2. The Labute approximate surface area is 110 Å². The summed E-state index contributed by atoms with van der Waals surface area (Å²) in [5.41, 5.74) is 6.72. The van der Waals surface area contributed by atoms with Crippen LogP contribution in [0, 0.1) is 13.8 Å². The van der Waals surface area contributed by atoms with Crippen molar-refractivity contribution in [1.82, 2.24) is 5.32 Å². The summed E-state index contributed by atoms with van der Waals surface area (Å²) in [7, 11) is 0. The molecule has 94 valence electrons. The molecular formula is C17H21N. The molecule has 0 aromatic heterocycles. The van der Waals surface area contributed by atoms with E-state index in [1.54, 1.807) is 0 Å². The third kappa shape index (κ3) is 2.80. The Morgan fingerprint density at radius 3 is 2.56 bits per heavy atom. The van der Waals surface area contributed by atoms with Gasteiger partial charge in [-0.3, -0.25) is 0 Å². The molecule has 0 aliphatic heterocycles. The molecule has 0 fully saturated rings. The molecule has 0 heterocycles. The number of nitrogens with one attached hydrogen (secondary N) is 1. The first-order chi connectivity index (χ1) is 8.72. The molecule has 2 aromatic carbocycles. The predicted octanol–water partition coefficient (Wildman–Crippen LogP) is 4.08. The number of hydrogen-bond donors (Lipinski definition) is 1. The van der Waals surface area contributed by atoms with E-state index >= 15 is 0 Å². The van der Waals surface area contributed by atoms with Gasteiger partial charge in [-0.1, -0.05) is 43.3 Å². The summed E-state index contributed by atoms with van der Waals surface area (Å²) < 4.78 is 0. The van der Waals surface area contributed by atoms with Gasteiger partial charge in [-0.15, -0.1) is 0 Å². The Balaban J connectivity index is 2.35. The van der Waals surface area contributed by atoms with Crippen molar-refractivity contribution in [3.05, 3.63) is 59.2 Å². The van der Waals surface area contributed by atoms with Crippen molar-refractivity contribution in [2.75, 3.05) is 6.54 Å². The molecule has 1 N–H and O–H groups in total. The van der Waals surface area contributed by atoms with E-state index in [1.165, 1.54) is 27.8 Å². The average molecular weight is 239 g/mol. The molecule has 2 aromatic rings. The lowest BCUT2D eigenvalue weighted by Crippen LogP contribution is -2.11. The average Bonchev–Trinajstić information content (AvgIpc) is 2.40. The Morgan fingerprint density at radius 1 is 1.00 bits per heavy atom. The summed E-state index contributed by atoms with van der Waals surface area (Å²) in [5.74, 6) is 0. The highest BCUT2D eigenvalue weighted by Crippen LogP contribution is 2.26. The van der Waals surface area contributed by atoms with E-state index in [2.05, 4.69) is 68.6 Å². The number of hydrogen-bond acceptors (Lipinski definition) is 1. The SMILES string of the molecule is CCNCc1cccc(-c2cccc(C)c2C)c1. The molecule has 1 heteroatoms. The third-order valence-corrected chi connectivity index (χ3v) is 3.42. The smallest absolute Gasteiger partial charge is 0.0205 e. The lowest BCUT2D eigenvalue weighted by molar-refractivity contribution is 0.727. The van der Waals surface area contributed by atoms with E-state index in [4.69, 9.17) is 0 Å². The lowest BCUT2D eigenvalue weighted by atomic mass is 9.96. The van der Waals surface area contributed by atoms with Gasteiger partial charge in [-0.2, -0.15) is 0 Å². The minimum Gasteiger partial charge on any atom is -0.313 e. The molecule has 0 saturated carbocycles. The Bertz CT molecular complexity index is 529. The van der Waals surface area contributed by atoms with Crippen LogP contribution in [0.15, 0.2) is 42.5 Å². The molecule has 0 unspecified atom stereocenters. The van der Waals surface area contributed by atoms with E-state index < -0.39 is 0 Å². The van der Waals surface area contributed by atoms with Gasteiger partial charge in [-0.25, -0.2) is 0 Å². The first-order valence-electron chi connectivity index (χ1n) is 6.58. The van der Waals surface area contributed by atoms with Gasteiger partial charge in [0.15, 0.2) is 0 Å². The van der Waals surface area contributed by atoms with Crippen LogP contribution in [0.4, 0.5) is 0 Å². The fourth-order valence-corrected chi connectivity index (χ4v) is 2.18. The Morgan fingerprint density at radius 2 is 1.78 bits per heavy atom. The van der Waals surface area contributed by atoms with Crippen molar-refractivity contribution < 1.29 is 0 Å². The van der Waals surface area contributed by atoms with Crippen LogP contribution in [0.25, 0.3) is 11.1 Å². The normalized spacial score (nSPS) is 10.6. The fraction of sp³-hybridized carbons (Fsp3) is 0.294. The Hall–Kier alpha value is -1.60. The molecule has 0 saturated heterocycles. The van der Waals surface area contributed by atoms with Gasteiger partial charge in [0.05, 0.1) is 0 Å². The molecule has 0 bridgehead atoms. The van der Waals surface area contributed by atoms with Crippen LogP contribution in [0.2, 0.25) is 0 Å². The standard InChI is InChI=1S/C17H21N/c1-4-18-12-15-8-6-9-16(11-15)17-10-5-7-13(2)14(17)3/h5-11,18H,4,12H2,1-3H3. The highest BCUT2D eigenvalue weighted by molar-refractivity contribution is 5.68. The summed E-state index contributed by atoms with van der Waals surface area (Å²) in [6.45, 7) is 8.44. The van der Waals surface area contributed by atoms with Gasteiger partial charge in [0.1, 0.15) is 0 Å². The van der Waals surface area contributed by atoms with Crippen LogP contribution < -0.4 is 5.32 Å². The highest BCUT2D eigenvalue weighted by atomic mass is 14.8. The maximum atomic E-state index is 3.37. The number of aryl methyl sites for hydroxylation is 1. The predicted molar refractivity (Wildman–Crippen MR) is 78.7 cm³/mol. The summed E-state index contributed by atoms with van der Waals surface area (Å²) in [4.78, 5) is 0. The van der Waals surface area contributed by atoms with Crippen LogP contribution in [-0.4, -0.2) is 6.54 Å². The van der Waals surface area contributed by atoms with E-state index in [9.17, 15) is 0 Å². The molecule has 2 rings (SSSR count). The molecule has 0 amide bonds. The monoisotopic (exact) mass is 239 g/mol. The van der Waals surface area contributed by atoms with Gasteiger partial charge >= 0.3 is 0 Å². The maximum Gasteiger partial charge on any atom is 0.0205 e. The minimum atomic E-state index is 0.940. The van der Waals surface area contributed by atoms with E-state index in [-0.39, 0.29) is 0 Å². The summed E-state index contributed by atoms with van der Waals surface area (Å²) in [6, 6.07) is 15.3. The molecule has 1 nitrogen and oxygen atoms in total. The van der Waals surface area contributed by atoms with Crippen molar-refractivity contribution in [2.24, 2.45) is 0 Å². The second-order valence-electron chi connectivity index (χ2n) is 4.73. The molecule has 18 heavy (non-hydrogen) atoms. The van der Waals surface area contributed by atoms with Crippen molar-refractivity contribution >= 4 is 0 Å². The zero-order chi connectivity index (χ0) is 13.0. The van der Waals surface area contributed by atoms with Crippen molar-refractivity contribution in [2.45, 2.75) is 27.3 Å². The van der Waals surface area contributed by atoms with Gasteiger partial charge in [0.2, 0.25) is 0 Å². The second kappa shape index (κ2) is 5.83. The highest BCUT2D eigenvalue weighted by Gasteiger charge is 2.04. The van der Waals surface area contributed by atoms with Crippen LogP contribution in [-0.2, 0) is 6.54 Å². The van der Waals surface area contributed by atoms with Gasteiger partial charge in [0.25, 0.3) is 0 Å². The molecule has 0 aliphatic rings.